The van der Waals surface area contributed by atoms with Gasteiger partial charge in [0.2, 0.25) is 5.91 Å². The monoisotopic (exact) mass is 455 g/mol. The molecule has 4 heteroatoms. The number of carbonyl (C=O) groups is 1. The number of amides is 1. The van der Waals surface area contributed by atoms with Gasteiger partial charge >= 0.3 is 0 Å². The number of nitrogens with zero attached hydrogens (tertiary/aromatic N) is 1. The highest BCUT2D eigenvalue weighted by molar-refractivity contribution is 5.78. The lowest BCUT2D eigenvalue weighted by Gasteiger charge is -2.24. The minimum Gasteiger partial charge on any atom is -0.379 e. The second-order valence-electron chi connectivity index (χ2n) is 9.77. The molecule has 0 aliphatic heterocycles. The zero-order valence-corrected chi connectivity index (χ0v) is 22.5. The first-order valence-electron chi connectivity index (χ1n) is 14.0. The fraction of sp³-hybridized carbons (Fsp3) is 0.964. The van der Waals surface area contributed by atoms with Gasteiger partial charge in [-0.1, -0.05) is 98.3 Å². The summed E-state index contributed by atoms with van der Waals surface area (Å²) in [5, 5.41) is 0. The van der Waals surface area contributed by atoms with Crippen LogP contribution >= 0.6 is 0 Å². The Morgan fingerprint density at radius 1 is 0.656 bits per heavy atom. The number of carbonyl (C=O) groups excluding carboxylic acids is 1. The van der Waals surface area contributed by atoms with E-state index in [0.717, 1.165) is 44.6 Å². The molecule has 0 bridgehead atoms. The predicted molar refractivity (Wildman–Crippen MR) is 138 cm³/mol. The van der Waals surface area contributed by atoms with Crippen molar-refractivity contribution in [3.8, 4) is 0 Å². The number of likely N-dealkylation sites (N-methyl/N-ethyl adjacent to an activating group) is 1. The average molecular weight is 456 g/mol. The average Bonchev–Trinajstić information content (AvgIpc) is 2.79. The minimum atomic E-state index is 0.189. The van der Waals surface area contributed by atoms with Crippen molar-refractivity contribution in [2.24, 2.45) is 11.8 Å². The van der Waals surface area contributed by atoms with Gasteiger partial charge in [-0.25, -0.2) is 0 Å². The molecule has 0 saturated heterocycles. The summed E-state index contributed by atoms with van der Waals surface area (Å²) in [5.41, 5.74) is 0. The Hall–Kier alpha value is -0.610. The molecule has 0 saturated carbocycles. The molecular weight excluding hydrogens is 398 g/mol. The quantitative estimate of drug-likeness (QED) is 0.140. The van der Waals surface area contributed by atoms with Crippen LogP contribution in [0.2, 0.25) is 0 Å². The van der Waals surface area contributed by atoms with Gasteiger partial charge in [0.05, 0.1) is 19.8 Å². The van der Waals surface area contributed by atoms with E-state index in [0.29, 0.717) is 32.3 Å². The number of ether oxygens (including phenoxy) is 2. The van der Waals surface area contributed by atoms with Gasteiger partial charge < -0.3 is 14.4 Å². The van der Waals surface area contributed by atoms with Crippen molar-refractivity contribution in [2.75, 3.05) is 40.0 Å². The van der Waals surface area contributed by atoms with Crippen molar-refractivity contribution in [2.45, 2.75) is 124 Å². The molecule has 2 atom stereocenters. The lowest BCUT2D eigenvalue weighted by molar-refractivity contribution is -0.135. The summed E-state index contributed by atoms with van der Waals surface area (Å²) in [5.74, 6) is 1.31. The van der Waals surface area contributed by atoms with E-state index in [9.17, 15) is 4.79 Å². The minimum absolute atomic E-state index is 0.189. The van der Waals surface area contributed by atoms with Gasteiger partial charge in [0.25, 0.3) is 0 Å². The van der Waals surface area contributed by atoms with Crippen LogP contribution in [0.15, 0.2) is 0 Å². The molecule has 0 aromatic heterocycles. The molecule has 0 aromatic rings. The van der Waals surface area contributed by atoms with Gasteiger partial charge in [-0.3, -0.25) is 4.79 Å². The predicted octanol–water partition coefficient (Wildman–Crippen LogP) is 7.64. The van der Waals surface area contributed by atoms with E-state index < -0.39 is 0 Å². The number of hydrogen-bond acceptors (Lipinski definition) is 3. The second kappa shape index (κ2) is 23.5. The Labute approximate surface area is 201 Å². The van der Waals surface area contributed by atoms with Crippen LogP contribution in [0.4, 0.5) is 0 Å². The van der Waals surface area contributed by atoms with Gasteiger partial charge in [-0.15, -0.1) is 0 Å². The molecule has 4 nitrogen and oxygen atoms in total. The third kappa shape index (κ3) is 18.9. The maximum absolute atomic E-state index is 12.8. The van der Waals surface area contributed by atoms with E-state index in [1.165, 1.54) is 64.2 Å². The van der Waals surface area contributed by atoms with Crippen molar-refractivity contribution in [3.05, 3.63) is 0 Å². The van der Waals surface area contributed by atoms with Gasteiger partial charge in [0.15, 0.2) is 0 Å². The fourth-order valence-electron chi connectivity index (χ4n) is 4.20. The largest absolute Gasteiger partial charge is 0.379 e. The fourth-order valence-corrected chi connectivity index (χ4v) is 4.20. The summed E-state index contributed by atoms with van der Waals surface area (Å²) in [4.78, 5) is 14.7. The molecule has 0 rings (SSSR count). The van der Waals surface area contributed by atoms with Crippen LogP contribution in [0.3, 0.4) is 0 Å². The first-order valence-corrected chi connectivity index (χ1v) is 14.0. The maximum Gasteiger partial charge on any atom is 0.225 e. The van der Waals surface area contributed by atoms with Crippen LogP contribution in [0.5, 0.6) is 0 Å². The van der Waals surface area contributed by atoms with Crippen LogP contribution in [0, 0.1) is 11.8 Å². The van der Waals surface area contributed by atoms with Crippen LogP contribution in [-0.2, 0) is 14.3 Å². The molecule has 1 amide bonds. The zero-order valence-electron chi connectivity index (χ0n) is 22.5. The van der Waals surface area contributed by atoms with Gasteiger partial charge in [0, 0.05) is 26.1 Å². The summed E-state index contributed by atoms with van der Waals surface area (Å²) in [7, 11) is 1.93. The smallest absolute Gasteiger partial charge is 0.225 e. The lowest BCUT2D eigenvalue weighted by atomic mass is 9.94. The molecule has 0 spiro atoms. The van der Waals surface area contributed by atoms with Crippen molar-refractivity contribution in [1.29, 1.82) is 0 Å². The Bertz CT molecular complexity index is 402. The highest BCUT2D eigenvalue weighted by atomic mass is 16.5. The maximum atomic E-state index is 12.8. The van der Waals surface area contributed by atoms with E-state index in [1.807, 2.05) is 11.9 Å². The Morgan fingerprint density at radius 3 is 1.81 bits per heavy atom. The van der Waals surface area contributed by atoms with Crippen LogP contribution in [0.25, 0.3) is 0 Å². The summed E-state index contributed by atoms with van der Waals surface area (Å²) >= 11 is 0. The summed E-state index contributed by atoms with van der Waals surface area (Å²) in [6.07, 6.45) is 18.5. The molecule has 0 radical (unpaired) electrons. The first kappa shape index (κ1) is 31.4. The SMILES string of the molecule is CCCCCCC(C)CCCOCCOCCN(C)C(=O)C(CCCC)CCCCCC. The Kier molecular flexibility index (Phi) is 23.1. The van der Waals surface area contributed by atoms with Gasteiger partial charge in [-0.05, 0) is 31.6 Å². The number of hydrogen-bond donors (Lipinski definition) is 0. The van der Waals surface area contributed by atoms with E-state index >= 15 is 0 Å². The molecule has 192 valence electrons. The normalized spacial score (nSPS) is 13.3. The number of rotatable bonds is 24. The van der Waals surface area contributed by atoms with Crippen molar-refractivity contribution >= 4 is 5.91 Å². The van der Waals surface area contributed by atoms with E-state index in [1.54, 1.807) is 0 Å². The third-order valence-electron chi connectivity index (χ3n) is 6.52. The molecule has 0 N–H and O–H groups in total. The molecular formula is C28H57NO3. The molecule has 0 aliphatic carbocycles. The number of unbranched alkanes of at least 4 members (excludes halogenated alkanes) is 7. The molecule has 32 heavy (non-hydrogen) atoms. The summed E-state index contributed by atoms with van der Waals surface area (Å²) in [6.45, 7) is 12.4. The molecule has 0 aromatic carbocycles. The van der Waals surface area contributed by atoms with Crippen molar-refractivity contribution < 1.29 is 14.3 Å². The van der Waals surface area contributed by atoms with Crippen LogP contribution in [-0.4, -0.2) is 50.8 Å². The van der Waals surface area contributed by atoms with Gasteiger partial charge in [-0.2, -0.15) is 0 Å². The van der Waals surface area contributed by atoms with E-state index in [4.69, 9.17) is 9.47 Å². The standard InChI is InChI=1S/C28H57NO3/c1-6-9-12-14-17-26(4)18-16-22-31-24-25-32-23-21-29(5)28(30)27(19-11-8-3)20-15-13-10-7-2/h26-27H,6-25H2,1-5H3. The summed E-state index contributed by atoms with van der Waals surface area (Å²) < 4.78 is 11.4. The Morgan fingerprint density at radius 2 is 1.19 bits per heavy atom. The van der Waals surface area contributed by atoms with Gasteiger partial charge in [0.1, 0.15) is 0 Å². The topological polar surface area (TPSA) is 38.8 Å². The Balaban J connectivity index is 3.77. The van der Waals surface area contributed by atoms with E-state index in [-0.39, 0.29) is 5.92 Å². The third-order valence-corrected chi connectivity index (χ3v) is 6.52. The molecule has 0 fully saturated rings. The first-order chi connectivity index (χ1) is 15.6. The highest BCUT2D eigenvalue weighted by Crippen LogP contribution is 2.19. The zero-order chi connectivity index (χ0) is 23.9. The van der Waals surface area contributed by atoms with Crippen molar-refractivity contribution in [1.82, 2.24) is 4.90 Å². The summed E-state index contributed by atoms with van der Waals surface area (Å²) in [6, 6.07) is 0. The van der Waals surface area contributed by atoms with E-state index in [2.05, 4.69) is 27.7 Å². The lowest BCUT2D eigenvalue weighted by Crippen LogP contribution is -2.35. The molecule has 0 heterocycles. The highest BCUT2D eigenvalue weighted by Gasteiger charge is 2.21. The second-order valence-corrected chi connectivity index (χ2v) is 9.77. The molecule has 2 unspecified atom stereocenters. The molecule has 0 aliphatic rings. The van der Waals surface area contributed by atoms with Crippen LogP contribution < -0.4 is 0 Å². The van der Waals surface area contributed by atoms with Crippen molar-refractivity contribution in [3.63, 3.8) is 0 Å². The van der Waals surface area contributed by atoms with Crippen LogP contribution in [0.1, 0.15) is 124 Å².